The number of fused-ring (bicyclic) bond motifs is 2. The third kappa shape index (κ3) is 9.81. The second-order valence-electron chi connectivity index (χ2n) is 20.2. The second kappa shape index (κ2) is 18.1. The second-order valence-corrected chi connectivity index (χ2v) is 20.2. The summed E-state index contributed by atoms with van der Waals surface area (Å²) in [5.41, 5.74) is 13.2. The van der Waals surface area contributed by atoms with Crippen molar-refractivity contribution in [2.24, 2.45) is 0 Å². The fourth-order valence-electron chi connectivity index (χ4n) is 8.95. The van der Waals surface area contributed by atoms with Crippen molar-refractivity contribution in [3.63, 3.8) is 0 Å². The molecule has 344 valence electrons. The van der Waals surface area contributed by atoms with Gasteiger partial charge in [0.1, 0.15) is 28.4 Å². The summed E-state index contributed by atoms with van der Waals surface area (Å²) in [5, 5.41) is 3.38. The molecule has 0 saturated carbocycles. The number of amides is 1. The highest BCUT2D eigenvalue weighted by molar-refractivity contribution is 5.73. The average Bonchev–Trinajstić information content (AvgIpc) is 3.91. The zero-order valence-corrected chi connectivity index (χ0v) is 40.2. The van der Waals surface area contributed by atoms with Gasteiger partial charge in [0.2, 0.25) is 0 Å². The Hall–Kier alpha value is -6.91. The Morgan fingerprint density at radius 1 is 0.552 bits per heavy atom. The fourth-order valence-corrected chi connectivity index (χ4v) is 8.95. The molecule has 10 rings (SSSR count). The molecule has 6 heterocycles. The van der Waals surface area contributed by atoms with E-state index in [1.54, 1.807) is 4.90 Å². The molecule has 4 aromatic carbocycles. The molecule has 2 aliphatic heterocycles. The molecule has 2 aliphatic rings. The van der Waals surface area contributed by atoms with Crippen molar-refractivity contribution < 1.29 is 19.0 Å². The van der Waals surface area contributed by atoms with E-state index in [-0.39, 0.29) is 29.1 Å². The van der Waals surface area contributed by atoms with Crippen LogP contribution < -0.4 is 14.8 Å². The minimum Gasteiger partial charge on any atom is -0.491 e. The molecule has 0 unspecified atom stereocenters. The minimum atomic E-state index is -0.480. The molecule has 67 heavy (non-hydrogen) atoms. The maximum absolute atomic E-state index is 12.4. The van der Waals surface area contributed by atoms with Crippen molar-refractivity contribution in [1.82, 2.24) is 29.0 Å². The number of hydrogen-bond donors (Lipinski definition) is 1. The molecule has 0 radical (unpaired) electrons. The molecule has 0 aliphatic carbocycles. The first kappa shape index (κ1) is 45.3. The van der Waals surface area contributed by atoms with Gasteiger partial charge < -0.3 is 24.4 Å². The van der Waals surface area contributed by atoms with Crippen LogP contribution in [0.15, 0.2) is 146 Å². The van der Waals surface area contributed by atoms with Crippen molar-refractivity contribution in [1.29, 1.82) is 0 Å². The highest BCUT2D eigenvalue weighted by atomic mass is 16.6. The molecule has 0 bridgehead atoms. The fraction of sp³-hybridized carbons (Fsp3) is 0.316. The molecule has 10 nitrogen and oxygen atoms in total. The molecule has 1 amide bonds. The SMILES string of the molecule is CC(C)Oc1ccc(-c2cnc3ccc(-c4ccc(C5(C)CN(C(=O)OC(C)(C)C)C5)cc4)cn23)cc1.CC(C)Oc1ccc(-c2cnc3ccc(-c4ccc(C5(C)CNC5)cc4)cn23)cc1. The van der Waals surface area contributed by atoms with Crippen LogP contribution >= 0.6 is 0 Å². The highest BCUT2D eigenvalue weighted by Gasteiger charge is 2.44. The quantitative estimate of drug-likeness (QED) is 0.146. The van der Waals surface area contributed by atoms with E-state index in [2.05, 4.69) is 147 Å². The van der Waals surface area contributed by atoms with Crippen LogP contribution in [0.2, 0.25) is 0 Å². The van der Waals surface area contributed by atoms with Gasteiger partial charge in [-0.05, 0) is 155 Å². The highest BCUT2D eigenvalue weighted by Crippen LogP contribution is 2.37. The lowest BCUT2D eigenvalue weighted by Gasteiger charge is -2.48. The monoisotopic (exact) mass is 894 g/mol. The predicted molar refractivity (Wildman–Crippen MR) is 269 cm³/mol. The molecule has 0 atom stereocenters. The van der Waals surface area contributed by atoms with Crippen LogP contribution in [-0.4, -0.2) is 73.8 Å². The lowest BCUT2D eigenvalue weighted by Crippen LogP contribution is -2.60. The van der Waals surface area contributed by atoms with Crippen molar-refractivity contribution in [3.8, 4) is 56.3 Å². The van der Waals surface area contributed by atoms with Crippen LogP contribution in [0.5, 0.6) is 11.5 Å². The first-order valence-electron chi connectivity index (χ1n) is 23.4. The van der Waals surface area contributed by atoms with Gasteiger partial charge in [-0.1, -0.05) is 62.4 Å². The van der Waals surface area contributed by atoms with Crippen LogP contribution in [-0.2, 0) is 15.6 Å². The van der Waals surface area contributed by atoms with Crippen LogP contribution in [0.25, 0.3) is 56.1 Å². The van der Waals surface area contributed by atoms with E-state index in [9.17, 15) is 4.79 Å². The predicted octanol–water partition coefficient (Wildman–Crippen LogP) is 12.3. The van der Waals surface area contributed by atoms with Crippen molar-refractivity contribution in [3.05, 3.63) is 157 Å². The zero-order chi connectivity index (χ0) is 47.1. The number of likely N-dealkylation sites (tertiary alicyclic amines) is 1. The van der Waals surface area contributed by atoms with Crippen LogP contribution in [0.4, 0.5) is 4.79 Å². The summed E-state index contributed by atoms with van der Waals surface area (Å²) in [7, 11) is 0. The van der Waals surface area contributed by atoms with Gasteiger partial charge in [0.25, 0.3) is 0 Å². The van der Waals surface area contributed by atoms with Crippen molar-refractivity contribution in [2.75, 3.05) is 26.2 Å². The van der Waals surface area contributed by atoms with Crippen LogP contribution in [0, 0.1) is 0 Å². The molecular formula is C57H62N6O4. The van der Waals surface area contributed by atoms with Gasteiger partial charge in [0.15, 0.2) is 0 Å². The molecule has 2 fully saturated rings. The molecule has 10 heteroatoms. The number of ether oxygens (including phenoxy) is 3. The lowest BCUT2D eigenvalue weighted by atomic mass is 9.75. The summed E-state index contributed by atoms with van der Waals surface area (Å²) in [5.74, 6) is 1.75. The van der Waals surface area contributed by atoms with E-state index in [4.69, 9.17) is 14.2 Å². The topological polar surface area (TPSA) is 94.6 Å². The smallest absolute Gasteiger partial charge is 0.410 e. The summed E-state index contributed by atoms with van der Waals surface area (Å²) in [6.07, 6.45) is 8.24. The number of hydrogen-bond acceptors (Lipinski definition) is 7. The van der Waals surface area contributed by atoms with Gasteiger partial charge in [-0.3, -0.25) is 8.80 Å². The zero-order valence-electron chi connectivity index (χ0n) is 40.2. The van der Waals surface area contributed by atoms with E-state index in [1.807, 2.05) is 85.1 Å². The molecule has 8 aromatic rings. The van der Waals surface area contributed by atoms with Gasteiger partial charge in [-0.15, -0.1) is 0 Å². The maximum Gasteiger partial charge on any atom is 0.410 e. The van der Waals surface area contributed by atoms with Gasteiger partial charge >= 0.3 is 6.09 Å². The Bertz CT molecular complexity index is 2990. The van der Waals surface area contributed by atoms with E-state index in [0.29, 0.717) is 13.1 Å². The Morgan fingerprint density at radius 2 is 0.940 bits per heavy atom. The number of carbonyl (C=O) groups excluding carboxylic acids is 1. The summed E-state index contributed by atoms with van der Waals surface area (Å²) in [6, 6.07) is 42.4. The Labute approximate surface area is 394 Å². The number of benzene rings is 4. The normalized spacial score (nSPS) is 15.2. The number of aromatic nitrogens is 4. The third-order valence-electron chi connectivity index (χ3n) is 12.6. The summed E-state index contributed by atoms with van der Waals surface area (Å²) in [4.78, 5) is 23.3. The largest absolute Gasteiger partial charge is 0.491 e. The number of nitrogens with one attached hydrogen (secondary N) is 1. The summed E-state index contributed by atoms with van der Waals surface area (Å²) < 4.78 is 21.4. The minimum absolute atomic E-state index is 0.0671. The van der Waals surface area contributed by atoms with Crippen molar-refractivity contribution in [2.45, 2.75) is 91.0 Å². The molecular weight excluding hydrogens is 833 g/mol. The number of nitrogens with zero attached hydrogens (tertiary/aromatic N) is 5. The summed E-state index contributed by atoms with van der Waals surface area (Å²) in [6.45, 7) is 21.8. The van der Waals surface area contributed by atoms with Crippen LogP contribution in [0.3, 0.4) is 0 Å². The van der Waals surface area contributed by atoms with Gasteiger partial charge in [0.05, 0.1) is 36.0 Å². The Balaban J connectivity index is 0.000000171. The standard InChI is InChI=1S/C31H35N3O3.C26H27N3O/c1-21(2)36-26-14-9-23(10-15-26)27-17-32-28-16-11-24(18-34(27)28)22-7-12-25(13-8-22)31(6)19-33(20-31)29(35)37-30(3,4)5;1-18(2)30-23-11-6-20(7-12-23)24-14-28-25-13-8-21(15-29(24)25)19-4-9-22(10-5-19)26(3)16-27-17-26/h7-18,21H,19-20H2,1-6H3;4-15,18,27H,16-17H2,1-3H3. The third-order valence-corrected chi connectivity index (χ3v) is 12.6. The van der Waals surface area contributed by atoms with Gasteiger partial charge in [-0.2, -0.15) is 0 Å². The number of imidazole rings is 2. The Kier molecular flexibility index (Phi) is 12.2. The molecule has 0 spiro atoms. The summed E-state index contributed by atoms with van der Waals surface area (Å²) >= 11 is 0. The van der Waals surface area contributed by atoms with Crippen molar-refractivity contribution >= 4 is 17.4 Å². The first-order valence-corrected chi connectivity index (χ1v) is 23.4. The number of rotatable bonds is 10. The lowest BCUT2D eigenvalue weighted by molar-refractivity contribution is -0.00651. The maximum atomic E-state index is 12.4. The average molecular weight is 895 g/mol. The van der Waals surface area contributed by atoms with E-state index < -0.39 is 5.60 Å². The molecule has 2 saturated heterocycles. The first-order chi connectivity index (χ1) is 32.0. The van der Waals surface area contributed by atoms with Gasteiger partial charge in [0, 0.05) is 60.5 Å². The Morgan fingerprint density at radius 3 is 1.31 bits per heavy atom. The van der Waals surface area contributed by atoms with E-state index in [1.165, 1.54) is 22.3 Å². The molecule has 4 aromatic heterocycles. The van der Waals surface area contributed by atoms with E-state index >= 15 is 0 Å². The number of pyridine rings is 2. The number of carbonyl (C=O) groups is 1. The molecule has 1 N–H and O–H groups in total. The van der Waals surface area contributed by atoms with E-state index in [0.717, 1.165) is 69.5 Å². The van der Waals surface area contributed by atoms with Crippen LogP contribution in [0.1, 0.15) is 73.4 Å². The van der Waals surface area contributed by atoms with Gasteiger partial charge in [-0.25, -0.2) is 14.8 Å².